The molecule has 0 aliphatic carbocycles. The number of ether oxygens (including phenoxy) is 2. The Balaban J connectivity index is 2.09. The minimum Gasteiger partial charge on any atom is -0.494 e. The molecule has 6 heteroatoms. The second kappa shape index (κ2) is 8.67. The van der Waals surface area contributed by atoms with Crippen LogP contribution in [0.4, 0.5) is 4.39 Å². The molecule has 0 bridgehead atoms. The van der Waals surface area contributed by atoms with E-state index in [9.17, 15) is 9.18 Å². The number of halogens is 1. The Bertz CT molecular complexity index is 732. The number of amides is 1. The number of nitrogens with one attached hydrogen (secondary N) is 1. The number of hydrazone groups is 1. The summed E-state index contributed by atoms with van der Waals surface area (Å²) in [7, 11) is 0. The molecule has 0 unspecified atom stereocenters. The minimum atomic E-state index is -0.491. The number of carbonyl (C=O) groups is 1. The van der Waals surface area contributed by atoms with Crippen molar-refractivity contribution < 1.29 is 18.7 Å². The van der Waals surface area contributed by atoms with E-state index in [1.807, 2.05) is 13.8 Å². The zero-order valence-electron chi connectivity index (χ0n) is 13.6. The second-order valence-corrected chi connectivity index (χ2v) is 4.78. The van der Waals surface area contributed by atoms with Gasteiger partial charge in [-0.1, -0.05) is 6.07 Å². The summed E-state index contributed by atoms with van der Waals surface area (Å²) in [4.78, 5) is 11.9. The van der Waals surface area contributed by atoms with Gasteiger partial charge >= 0.3 is 0 Å². The summed E-state index contributed by atoms with van der Waals surface area (Å²) in [5, 5.41) is 3.90. The molecule has 0 spiro atoms. The highest BCUT2D eigenvalue weighted by atomic mass is 19.1. The van der Waals surface area contributed by atoms with Gasteiger partial charge in [0.2, 0.25) is 0 Å². The third-order valence-electron chi connectivity index (χ3n) is 3.05. The molecule has 2 aromatic rings. The van der Waals surface area contributed by atoms with Crippen molar-refractivity contribution in [2.45, 2.75) is 13.8 Å². The Labute approximate surface area is 140 Å². The number of nitrogens with zero attached hydrogens (tertiary/aromatic N) is 1. The average Bonchev–Trinajstić information content (AvgIpc) is 2.57. The van der Waals surface area contributed by atoms with Crippen LogP contribution in [0.25, 0.3) is 0 Å². The third-order valence-corrected chi connectivity index (χ3v) is 3.05. The maximum Gasteiger partial charge on any atom is 0.271 e. The van der Waals surface area contributed by atoms with Gasteiger partial charge < -0.3 is 9.47 Å². The van der Waals surface area contributed by atoms with Crippen LogP contribution in [0.2, 0.25) is 0 Å². The Morgan fingerprint density at radius 2 is 1.96 bits per heavy atom. The van der Waals surface area contributed by atoms with Crippen LogP contribution in [0.1, 0.15) is 29.8 Å². The van der Waals surface area contributed by atoms with Gasteiger partial charge in [0.1, 0.15) is 17.3 Å². The van der Waals surface area contributed by atoms with Crippen molar-refractivity contribution in [1.29, 1.82) is 0 Å². The lowest BCUT2D eigenvalue weighted by atomic mass is 10.2. The highest BCUT2D eigenvalue weighted by Gasteiger charge is 2.06. The summed E-state index contributed by atoms with van der Waals surface area (Å²) in [5.41, 5.74) is 3.25. The standard InChI is InChI=1S/C18H19FN2O3/c1-3-23-16-9-8-14(17(11-16)24-4-2)12-20-21-18(22)13-6-5-7-15(19)10-13/h5-12H,3-4H2,1-2H3,(H,21,22)/b20-12+. The molecule has 0 aromatic heterocycles. The molecular formula is C18H19FN2O3. The topological polar surface area (TPSA) is 59.9 Å². The molecule has 1 amide bonds. The zero-order valence-corrected chi connectivity index (χ0v) is 13.6. The first-order valence-corrected chi connectivity index (χ1v) is 7.62. The van der Waals surface area contributed by atoms with E-state index in [4.69, 9.17) is 9.47 Å². The van der Waals surface area contributed by atoms with Crippen molar-refractivity contribution in [1.82, 2.24) is 5.43 Å². The monoisotopic (exact) mass is 330 g/mol. The van der Waals surface area contributed by atoms with Crippen molar-refractivity contribution >= 4 is 12.1 Å². The molecule has 24 heavy (non-hydrogen) atoms. The zero-order chi connectivity index (χ0) is 17.4. The molecule has 0 aliphatic heterocycles. The van der Waals surface area contributed by atoms with E-state index in [1.165, 1.54) is 24.4 Å². The van der Waals surface area contributed by atoms with Crippen LogP contribution < -0.4 is 14.9 Å². The molecule has 1 N–H and O–H groups in total. The molecule has 0 heterocycles. The molecule has 0 atom stereocenters. The fourth-order valence-corrected chi connectivity index (χ4v) is 2.01. The summed E-state index contributed by atoms with van der Waals surface area (Å²) in [6.07, 6.45) is 1.47. The van der Waals surface area contributed by atoms with Gasteiger partial charge in [-0.2, -0.15) is 5.10 Å². The normalized spacial score (nSPS) is 10.6. The first-order valence-electron chi connectivity index (χ1n) is 7.62. The number of rotatable bonds is 7. The fourth-order valence-electron chi connectivity index (χ4n) is 2.01. The van der Waals surface area contributed by atoms with Crippen LogP contribution in [0, 0.1) is 5.82 Å². The van der Waals surface area contributed by atoms with Crippen LogP contribution >= 0.6 is 0 Å². The van der Waals surface area contributed by atoms with Crippen molar-refractivity contribution in [3.05, 3.63) is 59.4 Å². The number of benzene rings is 2. The van der Waals surface area contributed by atoms with Gasteiger partial charge in [0.15, 0.2) is 0 Å². The lowest BCUT2D eigenvalue weighted by Crippen LogP contribution is -2.17. The quantitative estimate of drug-likeness (QED) is 0.625. The first-order chi connectivity index (χ1) is 11.6. The SMILES string of the molecule is CCOc1ccc(/C=N/NC(=O)c2cccc(F)c2)c(OCC)c1. The van der Waals surface area contributed by atoms with Crippen LogP contribution in [-0.4, -0.2) is 25.3 Å². The lowest BCUT2D eigenvalue weighted by Gasteiger charge is -2.10. The van der Waals surface area contributed by atoms with Gasteiger partial charge in [0.25, 0.3) is 5.91 Å². The number of hydrogen-bond acceptors (Lipinski definition) is 4. The maximum absolute atomic E-state index is 13.1. The van der Waals surface area contributed by atoms with Gasteiger partial charge in [0.05, 0.1) is 19.4 Å². The minimum absolute atomic E-state index is 0.198. The van der Waals surface area contributed by atoms with Crippen molar-refractivity contribution in [2.24, 2.45) is 5.10 Å². The van der Waals surface area contributed by atoms with Crippen LogP contribution in [-0.2, 0) is 0 Å². The summed E-state index contributed by atoms with van der Waals surface area (Å²) in [6.45, 7) is 4.83. The molecule has 2 rings (SSSR count). The average molecular weight is 330 g/mol. The van der Waals surface area contributed by atoms with Gasteiger partial charge in [-0.25, -0.2) is 9.82 Å². The van der Waals surface area contributed by atoms with Gasteiger partial charge in [-0.05, 0) is 44.2 Å². The van der Waals surface area contributed by atoms with E-state index in [0.717, 1.165) is 6.07 Å². The molecule has 0 saturated heterocycles. The van der Waals surface area contributed by atoms with Gasteiger partial charge in [0, 0.05) is 17.2 Å². The van der Waals surface area contributed by atoms with Crippen molar-refractivity contribution in [3.63, 3.8) is 0 Å². The highest BCUT2D eigenvalue weighted by Crippen LogP contribution is 2.23. The summed E-state index contributed by atoms with van der Waals surface area (Å²) >= 11 is 0. The summed E-state index contributed by atoms with van der Waals surface area (Å²) in [5.74, 6) is 0.334. The molecule has 0 radical (unpaired) electrons. The lowest BCUT2D eigenvalue weighted by molar-refractivity contribution is 0.0954. The maximum atomic E-state index is 13.1. The van der Waals surface area contributed by atoms with Crippen LogP contribution in [0.15, 0.2) is 47.6 Å². The third kappa shape index (κ3) is 4.81. The number of carbonyl (C=O) groups excluding carboxylic acids is 1. The van der Waals surface area contributed by atoms with Crippen LogP contribution in [0.3, 0.4) is 0 Å². The van der Waals surface area contributed by atoms with Gasteiger partial charge in [-0.3, -0.25) is 4.79 Å². The Hall–Kier alpha value is -2.89. The van der Waals surface area contributed by atoms with Crippen molar-refractivity contribution in [2.75, 3.05) is 13.2 Å². The Kier molecular flexibility index (Phi) is 6.31. The molecule has 5 nitrogen and oxygen atoms in total. The Morgan fingerprint density at radius 1 is 1.17 bits per heavy atom. The number of hydrogen-bond donors (Lipinski definition) is 1. The molecule has 0 aliphatic rings. The van der Waals surface area contributed by atoms with E-state index in [2.05, 4.69) is 10.5 Å². The van der Waals surface area contributed by atoms with Gasteiger partial charge in [-0.15, -0.1) is 0 Å². The van der Waals surface area contributed by atoms with E-state index < -0.39 is 11.7 Å². The van der Waals surface area contributed by atoms with E-state index in [-0.39, 0.29) is 5.56 Å². The first kappa shape index (κ1) is 17.5. The van der Waals surface area contributed by atoms with E-state index in [1.54, 1.807) is 18.2 Å². The smallest absolute Gasteiger partial charge is 0.271 e. The largest absolute Gasteiger partial charge is 0.494 e. The molecule has 0 fully saturated rings. The Morgan fingerprint density at radius 3 is 2.67 bits per heavy atom. The predicted octanol–water partition coefficient (Wildman–Crippen LogP) is 3.39. The van der Waals surface area contributed by atoms with Crippen molar-refractivity contribution in [3.8, 4) is 11.5 Å². The highest BCUT2D eigenvalue weighted by molar-refractivity contribution is 5.95. The second-order valence-electron chi connectivity index (χ2n) is 4.78. The molecule has 0 saturated carbocycles. The summed E-state index contributed by atoms with van der Waals surface area (Å²) < 4.78 is 24.1. The van der Waals surface area contributed by atoms with E-state index in [0.29, 0.717) is 30.3 Å². The fraction of sp³-hybridized carbons (Fsp3) is 0.222. The molecule has 2 aromatic carbocycles. The molecule has 126 valence electrons. The van der Waals surface area contributed by atoms with Crippen LogP contribution in [0.5, 0.6) is 11.5 Å². The summed E-state index contributed by atoms with van der Waals surface area (Å²) in [6, 6.07) is 10.7. The predicted molar refractivity (Wildman–Crippen MR) is 90.2 cm³/mol. The molecular weight excluding hydrogens is 311 g/mol. The van der Waals surface area contributed by atoms with E-state index >= 15 is 0 Å².